The highest BCUT2D eigenvalue weighted by molar-refractivity contribution is 7.47. The quantitative estimate of drug-likeness (QED) is 0.0287. The maximum absolute atomic E-state index is 11.9. The first-order valence-electron chi connectivity index (χ1n) is 17.3. The summed E-state index contributed by atoms with van der Waals surface area (Å²) in [6.07, 6.45) is 31.9. The number of ether oxygens (including phenoxy) is 1. The second-order valence-corrected chi connectivity index (χ2v) is 12.9. The molecule has 2 atom stereocenters. The van der Waals surface area contributed by atoms with Crippen LogP contribution >= 0.6 is 7.82 Å². The van der Waals surface area contributed by atoms with Gasteiger partial charge in [0.25, 0.3) is 0 Å². The molecule has 0 aliphatic rings. The van der Waals surface area contributed by atoms with Gasteiger partial charge in [0, 0.05) is 19.4 Å². The van der Waals surface area contributed by atoms with Crippen LogP contribution in [0.4, 0.5) is 0 Å². The molecule has 44 heavy (non-hydrogen) atoms. The van der Waals surface area contributed by atoms with Crippen LogP contribution in [-0.4, -0.2) is 54.3 Å². The van der Waals surface area contributed by atoms with Gasteiger partial charge in [0.2, 0.25) is 5.91 Å². The lowest BCUT2D eigenvalue weighted by Gasteiger charge is -2.15. The normalized spacial score (nSPS) is 13.8. The van der Waals surface area contributed by atoms with E-state index >= 15 is 0 Å². The first kappa shape index (κ1) is 42.5. The molecule has 0 aromatic heterocycles. The van der Waals surface area contributed by atoms with Crippen LogP contribution in [0.15, 0.2) is 24.3 Å². The van der Waals surface area contributed by atoms with Crippen LogP contribution < -0.4 is 5.32 Å². The van der Waals surface area contributed by atoms with Gasteiger partial charge in [0.1, 0.15) is 12.7 Å². The molecular weight excluding hydrogens is 581 g/mol. The molecule has 258 valence electrons. The summed E-state index contributed by atoms with van der Waals surface area (Å²) >= 11 is 0. The van der Waals surface area contributed by atoms with Crippen molar-refractivity contribution in [1.29, 1.82) is 0 Å². The SMILES string of the molecule is CCCCC/C=C\C/C=C\CCCCCCCCCCCCCCCC(=O)OCC(O)COP(=O)(O)OCCNC(=O)CC. The van der Waals surface area contributed by atoms with Gasteiger partial charge >= 0.3 is 13.8 Å². The first-order chi connectivity index (χ1) is 21.3. The van der Waals surface area contributed by atoms with Crippen molar-refractivity contribution in [3.8, 4) is 0 Å². The molecule has 0 aromatic carbocycles. The van der Waals surface area contributed by atoms with Crippen molar-refractivity contribution >= 4 is 19.7 Å². The molecule has 0 bridgehead atoms. The number of phosphoric ester groups is 1. The first-order valence-corrected chi connectivity index (χ1v) is 18.8. The Kier molecular flexibility index (Phi) is 30.4. The summed E-state index contributed by atoms with van der Waals surface area (Å²) < 4.78 is 26.2. The van der Waals surface area contributed by atoms with E-state index in [0.29, 0.717) is 6.42 Å². The molecule has 9 nitrogen and oxygen atoms in total. The minimum Gasteiger partial charge on any atom is -0.463 e. The molecule has 1 amide bonds. The largest absolute Gasteiger partial charge is 0.472 e. The summed E-state index contributed by atoms with van der Waals surface area (Å²) in [5.74, 6) is -0.607. The number of esters is 1. The Hall–Kier alpha value is -1.51. The summed E-state index contributed by atoms with van der Waals surface area (Å²) in [7, 11) is -4.37. The zero-order chi connectivity index (χ0) is 32.6. The number of unbranched alkanes of at least 4 members (excludes halogenated alkanes) is 16. The van der Waals surface area contributed by atoms with Gasteiger partial charge in [-0.25, -0.2) is 4.57 Å². The van der Waals surface area contributed by atoms with E-state index in [2.05, 4.69) is 36.5 Å². The molecule has 0 heterocycles. The minimum atomic E-state index is -4.37. The number of carbonyl (C=O) groups excluding carboxylic acids is 2. The molecule has 0 fully saturated rings. The zero-order valence-corrected chi connectivity index (χ0v) is 28.7. The van der Waals surface area contributed by atoms with Crippen LogP contribution in [0, 0.1) is 0 Å². The minimum absolute atomic E-state index is 0.0672. The summed E-state index contributed by atoms with van der Waals surface area (Å²) in [4.78, 5) is 32.6. The van der Waals surface area contributed by atoms with Crippen LogP contribution in [0.3, 0.4) is 0 Å². The average molecular weight is 646 g/mol. The highest BCUT2D eigenvalue weighted by Gasteiger charge is 2.23. The highest BCUT2D eigenvalue weighted by atomic mass is 31.2. The number of rotatable bonds is 32. The van der Waals surface area contributed by atoms with Gasteiger partial charge in [-0.1, -0.05) is 122 Å². The van der Waals surface area contributed by atoms with Crippen molar-refractivity contribution in [2.45, 2.75) is 155 Å². The van der Waals surface area contributed by atoms with Crippen molar-refractivity contribution in [3.05, 3.63) is 24.3 Å². The summed E-state index contributed by atoms with van der Waals surface area (Å²) in [6.45, 7) is 2.96. The molecule has 2 unspecified atom stereocenters. The third-order valence-electron chi connectivity index (χ3n) is 7.20. The fourth-order valence-electron chi connectivity index (χ4n) is 4.50. The smallest absolute Gasteiger partial charge is 0.463 e. The van der Waals surface area contributed by atoms with Crippen molar-refractivity contribution < 1.29 is 37.9 Å². The monoisotopic (exact) mass is 645 g/mol. The lowest BCUT2D eigenvalue weighted by atomic mass is 10.0. The predicted molar refractivity (Wildman–Crippen MR) is 178 cm³/mol. The molecule has 0 saturated carbocycles. The number of hydrogen-bond donors (Lipinski definition) is 3. The predicted octanol–water partition coefficient (Wildman–Crippen LogP) is 8.48. The van der Waals surface area contributed by atoms with Crippen molar-refractivity contribution in [3.63, 3.8) is 0 Å². The number of carbonyl (C=O) groups is 2. The summed E-state index contributed by atoms with van der Waals surface area (Å²) in [5.41, 5.74) is 0. The maximum Gasteiger partial charge on any atom is 0.472 e. The van der Waals surface area contributed by atoms with E-state index in [9.17, 15) is 24.2 Å². The van der Waals surface area contributed by atoms with E-state index in [1.54, 1.807) is 6.92 Å². The maximum atomic E-state index is 11.9. The topological polar surface area (TPSA) is 131 Å². The molecule has 0 aliphatic carbocycles. The van der Waals surface area contributed by atoms with E-state index in [0.717, 1.165) is 25.7 Å². The second kappa shape index (κ2) is 31.5. The van der Waals surface area contributed by atoms with Gasteiger partial charge in [-0.3, -0.25) is 18.6 Å². The molecule has 3 N–H and O–H groups in total. The number of allylic oxidation sites excluding steroid dienone is 4. The van der Waals surface area contributed by atoms with Gasteiger partial charge in [0.05, 0.1) is 13.2 Å². The molecule has 0 aromatic rings. The number of aliphatic hydroxyl groups excluding tert-OH is 1. The lowest BCUT2D eigenvalue weighted by molar-refractivity contribution is -0.147. The molecule has 0 spiro atoms. The second-order valence-electron chi connectivity index (χ2n) is 11.4. The molecule has 0 aliphatic heterocycles. The zero-order valence-electron chi connectivity index (χ0n) is 27.9. The van der Waals surface area contributed by atoms with Crippen molar-refractivity contribution in [2.75, 3.05) is 26.4 Å². The van der Waals surface area contributed by atoms with Crippen LogP contribution in [-0.2, 0) is 27.9 Å². The van der Waals surface area contributed by atoms with Gasteiger partial charge in [-0.15, -0.1) is 0 Å². The Bertz CT molecular complexity index is 789. The molecule has 10 heteroatoms. The van der Waals surface area contributed by atoms with E-state index < -0.39 is 26.5 Å². The van der Waals surface area contributed by atoms with Crippen LogP contribution in [0.5, 0.6) is 0 Å². The molecule has 0 radical (unpaired) electrons. The fraction of sp³-hybridized carbons (Fsp3) is 0.824. The van der Waals surface area contributed by atoms with E-state index in [1.807, 2.05) is 0 Å². The Labute approximate surface area is 268 Å². The average Bonchev–Trinajstić information content (AvgIpc) is 3.01. The molecule has 0 saturated heterocycles. The van der Waals surface area contributed by atoms with Crippen LogP contribution in [0.1, 0.15) is 149 Å². The van der Waals surface area contributed by atoms with E-state index in [4.69, 9.17) is 13.8 Å². The van der Waals surface area contributed by atoms with Gasteiger partial charge in [0.15, 0.2) is 0 Å². The van der Waals surface area contributed by atoms with Gasteiger partial charge in [-0.2, -0.15) is 0 Å². The highest BCUT2D eigenvalue weighted by Crippen LogP contribution is 2.42. The van der Waals surface area contributed by atoms with E-state index in [-0.39, 0.29) is 32.1 Å². The third-order valence-corrected chi connectivity index (χ3v) is 8.18. The van der Waals surface area contributed by atoms with Crippen LogP contribution in [0.2, 0.25) is 0 Å². The Morgan fingerprint density at radius 3 is 1.80 bits per heavy atom. The number of hydrogen-bond acceptors (Lipinski definition) is 7. The number of aliphatic hydroxyl groups is 1. The lowest BCUT2D eigenvalue weighted by Crippen LogP contribution is -2.26. The van der Waals surface area contributed by atoms with Crippen LogP contribution in [0.25, 0.3) is 0 Å². The Balaban J connectivity index is 3.46. The number of amides is 1. The van der Waals surface area contributed by atoms with Gasteiger partial charge < -0.3 is 20.1 Å². The van der Waals surface area contributed by atoms with E-state index in [1.165, 1.54) is 96.3 Å². The third kappa shape index (κ3) is 31.9. The standard InChI is InChI=1S/C34H64NO8P/c1-3-5-6-7-8-9-10-11-12-13-14-15-16-17-18-19-20-21-22-23-24-25-26-27-34(38)41-30-32(36)31-43-44(39,40)42-29-28-35-33(37)4-2/h8-9,11-12,32,36H,3-7,10,13-31H2,1-2H3,(H,35,37)(H,39,40)/b9-8-,12-11-. The fourth-order valence-corrected chi connectivity index (χ4v) is 5.26. The van der Waals surface area contributed by atoms with Gasteiger partial charge in [-0.05, 0) is 38.5 Å². The molecule has 0 rings (SSSR count). The summed E-state index contributed by atoms with van der Waals surface area (Å²) in [5, 5.41) is 12.3. The number of nitrogens with one attached hydrogen (secondary N) is 1. The number of phosphoric acid groups is 1. The summed E-state index contributed by atoms with van der Waals surface area (Å²) in [6, 6.07) is 0. The molecular formula is C34H64NO8P. The van der Waals surface area contributed by atoms with Crippen molar-refractivity contribution in [1.82, 2.24) is 5.32 Å². The Morgan fingerprint density at radius 2 is 1.25 bits per heavy atom. The Morgan fingerprint density at radius 1 is 0.727 bits per heavy atom. The van der Waals surface area contributed by atoms with Crippen molar-refractivity contribution in [2.24, 2.45) is 0 Å².